The predicted octanol–water partition coefficient (Wildman–Crippen LogP) is 22.5. The summed E-state index contributed by atoms with van der Waals surface area (Å²) in [5.74, 6) is -1.27. The first-order valence-electron chi connectivity index (χ1n) is 39.7. The van der Waals surface area contributed by atoms with Crippen molar-refractivity contribution in [3.63, 3.8) is 0 Å². The van der Waals surface area contributed by atoms with Gasteiger partial charge in [0, 0.05) is 25.7 Å². The minimum atomic E-state index is -4.96. The summed E-state index contributed by atoms with van der Waals surface area (Å²) in [6.07, 6.45) is 58.4. The maximum atomic E-state index is 13.1. The molecule has 0 aromatic heterocycles. The maximum absolute atomic E-state index is 13.1. The molecule has 95 heavy (non-hydrogen) atoms. The monoisotopic (exact) mass is 1400 g/mol. The van der Waals surface area contributed by atoms with Gasteiger partial charge in [0.2, 0.25) is 0 Å². The van der Waals surface area contributed by atoms with Crippen LogP contribution in [0, 0.1) is 5.92 Å². The number of aliphatic hydroxyl groups is 1. The highest BCUT2D eigenvalue weighted by atomic mass is 31.2. The second-order valence-electron chi connectivity index (χ2n) is 27.6. The smallest absolute Gasteiger partial charge is 0.462 e. The molecular formula is C76H148O17P2. The molecule has 0 bridgehead atoms. The van der Waals surface area contributed by atoms with Crippen molar-refractivity contribution in [3.05, 3.63) is 0 Å². The summed E-state index contributed by atoms with van der Waals surface area (Å²) in [5, 5.41) is 10.6. The molecule has 0 spiro atoms. The predicted molar refractivity (Wildman–Crippen MR) is 386 cm³/mol. The normalized spacial score (nSPS) is 14.2. The van der Waals surface area contributed by atoms with Crippen LogP contribution in [-0.2, 0) is 65.4 Å². The molecule has 0 heterocycles. The van der Waals surface area contributed by atoms with E-state index in [1.165, 1.54) is 212 Å². The number of hydrogen-bond acceptors (Lipinski definition) is 15. The van der Waals surface area contributed by atoms with Gasteiger partial charge < -0.3 is 33.8 Å². The minimum Gasteiger partial charge on any atom is -0.462 e. The lowest BCUT2D eigenvalue weighted by Gasteiger charge is -2.21. The van der Waals surface area contributed by atoms with Crippen LogP contribution in [0.4, 0.5) is 0 Å². The Labute approximate surface area is 581 Å². The fraction of sp³-hybridized carbons (Fsp3) is 0.947. The van der Waals surface area contributed by atoms with E-state index in [9.17, 15) is 43.2 Å². The Bertz CT molecular complexity index is 1820. The van der Waals surface area contributed by atoms with E-state index in [1.54, 1.807) is 0 Å². The molecule has 0 aliphatic carbocycles. The fourth-order valence-corrected chi connectivity index (χ4v) is 13.3. The number of carbonyl (C=O) groups excluding carboxylic acids is 4. The van der Waals surface area contributed by atoms with Gasteiger partial charge in [-0.1, -0.05) is 349 Å². The van der Waals surface area contributed by atoms with Crippen molar-refractivity contribution in [2.24, 2.45) is 5.92 Å². The summed E-state index contributed by atoms with van der Waals surface area (Å²) in [5.41, 5.74) is 0. The molecule has 0 rings (SSSR count). The summed E-state index contributed by atoms with van der Waals surface area (Å²) in [4.78, 5) is 72.6. The van der Waals surface area contributed by atoms with E-state index in [1.807, 2.05) is 0 Å². The summed E-state index contributed by atoms with van der Waals surface area (Å²) in [6.45, 7) is 7.30. The standard InChI is InChI=1S/C76H148O17P2/c1-6-10-13-16-19-21-23-24-25-26-27-28-29-34-38-42-47-52-57-62-76(81)93-72(66-87-74(79)60-55-50-45-40-37-33-31-30-32-36-39-44-48-53-58-69(5)9-4)68-91-95(84,85)89-64-70(77)63-88-94(82,83)90-67-71(65-86-73(78)59-54-49-43-18-15-12-8-3)92-75(80)61-56-51-46-41-35-22-20-17-14-11-7-2/h69-72,77H,6-68H2,1-5H3,(H,82,83)(H,84,85)/t69?,70-,71+,72+/m0/s1. The van der Waals surface area contributed by atoms with E-state index < -0.39 is 97.5 Å². The van der Waals surface area contributed by atoms with E-state index >= 15 is 0 Å². The SMILES string of the molecule is CCCCCCCCCCCCCCCCCCCCCC(=O)O[C@H](COC(=O)CCCCCCCCCCCCCCCCC(C)CC)COP(=O)(O)OC[C@@H](O)COP(=O)(O)OC[C@@H](COC(=O)CCCCCCCCC)OC(=O)CCCCCCCCCCCCC. The molecule has 0 fully saturated rings. The van der Waals surface area contributed by atoms with Crippen molar-refractivity contribution in [2.45, 2.75) is 419 Å². The van der Waals surface area contributed by atoms with E-state index in [4.69, 9.17) is 37.0 Å². The van der Waals surface area contributed by atoms with Crippen LogP contribution in [0.25, 0.3) is 0 Å². The van der Waals surface area contributed by atoms with Crippen LogP contribution in [0.3, 0.4) is 0 Å². The molecule has 0 saturated carbocycles. The first kappa shape index (κ1) is 93.1. The third-order valence-corrected chi connectivity index (χ3v) is 20.0. The van der Waals surface area contributed by atoms with Crippen LogP contribution in [0.5, 0.6) is 0 Å². The second-order valence-corrected chi connectivity index (χ2v) is 30.5. The zero-order valence-corrected chi connectivity index (χ0v) is 63.6. The average molecular weight is 1400 g/mol. The summed E-state index contributed by atoms with van der Waals surface area (Å²) in [6, 6.07) is 0. The zero-order chi connectivity index (χ0) is 69.8. The number of aliphatic hydroxyl groups excluding tert-OH is 1. The van der Waals surface area contributed by atoms with Gasteiger partial charge in [-0.05, 0) is 31.6 Å². The minimum absolute atomic E-state index is 0.107. The van der Waals surface area contributed by atoms with Gasteiger partial charge >= 0.3 is 39.5 Å². The summed E-state index contributed by atoms with van der Waals surface area (Å²) >= 11 is 0. The molecule has 564 valence electrons. The lowest BCUT2D eigenvalue weighted by Crippen LogP contribution is -2.30. The molecule has 0 saturated heterocycles. The van der Waals surface area contributed by atoms with Crippen molar-refractivity contribution in [1.29, 1.82) is 0 Å². The van der Waals surface area contributed by atoms with Gasteiger partial charge in [0.1, 0.15) is 19.3 Å². The summed E-state index contributed by atoms with van der Waals surface area (Å²) < 4.78 is 68.4. The van der Waals surface area contributed by atoms with Crippen LogP contribution >= 0.6 is 15.6 Å². The Morgan fingerprint density at radius 1 is 0.295 bits per heavy atom. The Morgan fingerprint density at radius 2 is 0.505 bits per heavy atom. The average Bonchev–Trinajstić information content (AvgIpc) is 2.37. The number of unbranched alkanes of at least 4 members (excludes halogenated alkanes) is 47. The van der Waals surface area contributed by atoms with Crippen LogP contribution in [0.2, 0.25) is 0 Å². The number of phosphoric ester groups is 2. The molecule has 3 N–H and O–H groups in total. The lowest BCUT2D eigenvalue weighted by molar-refractivity contribution is -0.161. The van der Waals surface area contributed by atoms with Gasteiger partial charge in [-0.15, -0.1) is 0 Å². The topological polar surface area (TPSA) is 237 Å². The first-order valence-corrected chi connectivity index (χ1v) is 42.7. The van der Waals surface area contributed by atoms with Crippen LogP contribution in [0.15, 0.2) is 0 Å². The van der Waals surface area contributed by atoms with E-state index in [0.717, 1.165) is 109 Å². The third kappa shape index (κ3) is 69.0. The zero-order valence-electron chi connectivity index (χ0n) is 61.8. The molecule has 0 aromatic carbocycles. The highest BCUT2D eigenvalue weighted by Crippen LogP contribution is 2.45. The number of carbonyl (C=O) groups is 4. The largest absolute Gasteiger partial charge is 0.472 e. The highest BCUT2D eigenvalue weighted by Gasteiger charge is 2.30. The molecule has 3 unspecified atom stereocenters. The van der Waals surface area contributed by atoms with Gasteiger partial charge in [0.15, 0.2) is 12.2 Å². The van der Waals surface area contributed by atoms with Crippen LogP contribution < -0.4 is 0 Å². The van der Waals surface area contributed by atoms with Gasteiger partial charge in [0.25, 0.3) is 0 Å². The van der Waals surface area contributed by atoms with Gasteiger partial charge in [-0.2, -0.15) is 0 Å². The van der Waals surface area contributed by atoms with Crippen molar-refractivity contribution >= 4 is 39.5 Å². The number of esters is 4. The quantitative estimate of drug-likeness (QED) is 0.0222. The van der Waals surface area contributed by atoms with Crippen molar-refractivity contribution in [3.8, 4) is 0 Å². The maximum Gasteiger partial charge on any atom is 0.472 e. The molecule has 0 amide bonds. The lowest BCUT2D eigenvalue weighted by atomic mass is 9.99. The second kappa shape index (κ2) is 69.2. The molecule has 0 aliphatic rings. The Balaban J connectivity index is 5.17. The van der Waals surface area contributed by atoms with Crippen LogP contribution in [-0.4, -0.2) is 96.7 Å². The highest BCUT2D eigenvalue weighted by molar-refractivity contribution is 7.47. The first-order chi connectivity index (χ1) is 46.1. The summed E-state index contributed by atoms with van der Waals surface area (Å²) in [7, 11) is -9.90. The van der Waals surface area contributed by atoms with Gasteiger partial charge in [0.05, 0.1) is 26.4 Å². The van der Waals surface area contributed by atoms with Crippen molar-refractivity contribution in [1.82, 2.24) is 0 Å². The molecule has 0 radical (unpaired) electrons. The van der Waals surface area contributed by atoms with Crippen molar-refractivity contribution in [2.75, 3.05) is 39.6 Å². The third-order valence-electron chi connectivity index (χ3n) is 18.1. The molecule has 0 aromatic rings. The molecule has 6 atom stereocenters. The van der Waals surface area contributed by atoms with Crippen molar-refractivity contribution < 1.29 is 80.2 Å². The molecular weight excluding hydrogens is 1250 g/mol. The number of rotatable bonds is 76. The van der Waals surface area contributed by atoms with Gasteiger partial charge in [-0.3, -0.25) is 37.3 Å². The Morgan fingerprint density at radius 3 is 0.747 bits per heavy atom. The molecule has 0 aliphatic heterocycles. The van der Waals surface area contributed by atoms with E-state index in [-0.39, 0.29) is 25.7 Å². The molecule has 17 nitrogen and oxygen atoms in total. The fourth-order valence-electron chi connectivity index (χ4n) is 11.7. The Kier molecular flexibility index (Phi) is 67.7. The van der Waals surface area contributed by atoms with E-state index in [2.05, 4.69) is 34.6 Å². The van der Waals surface area contributed by atoms with Gasteiger partial charge in [-0.25, -0.2) is 9.13 Å². The number of phosphoric acid groups is 2. The molecule has 19 heteroatoms. The Hall–Kier alpha value is -1.94. The van der Waals surface area contributed by atoms with Crippen LogP contribution in [0.1, 0.15) is 401 Å². The number of ether oxygens (including phenoxy) is 4. The number of hydrogen-bond donors (Lipinski definition) is 3. The van der Waals surface area contributed by atoms with E-state index in [0.29, 0.717) is 25.7 Å².